The molecule has 0 aliphatic carbocycles. The van der Waals surface area contributed by atoms with Gasteiger partial charge in [0.1, 0.15) is 11.4 Å². The minimum absolute atomic E-state index is 0.0784. The first-order chi connectivity index (χ1) is 17.0. The van der Waals surface area contributed by atoms with Gasteiger partial charge in [-0.05, 0) is 63.1 Å². The Hall–Kier alpha value is -3.53. The molecule has 0 saturated carbocycles. The van der Waals surface area contributed by atoms with Crippen LogP contribution in [0.5, 0.6) is 5.75 Å². The average Bonchev–Trinajstić information content (AvgIpc) is 2.75. The van der Waals surface area contributed by atoms with Crippen molar-refractivity contribution in [2.45, 2.75) is 58.0 Å². The molecule has 37 heavy (non-hydrogen) atoms. The molecule has 2 N–H and O–H groups in total. The molecule has 0 atom stereocenters. The van der Waals surface area contributed by atoms with Gasteiger partial charge in [0, 0.05) is 37.3 Å². The van der Waals surface area contributed by atoms with Gasteiger partial charge in [-0.1, -0.05) is 12.1 Å². The molecule has 0 radical (unpaired) electrons. The van der Waals surface area contributed by atoms with Crippen molar-refractivity contribution in [2.24, 2.45) is 0 Å². The quantitative estimate of drug-likeness (QED) is 0.530. The zero-order valence-corrected chi connectivity index (χ0v) is 21.4. The number of ether oxygens (including phenoxy) is 1. The fourth-order valence-corrected chi connectivity index (χ4v) is 4.67. The van der Waals surface area contributed by atoms with Gasteiger partial charge >= 0.3 is 12.2 Å². The number of fused-ring (bicyclic) bond motifs is 2. The topological polar surface area (TPSA) is 82.1 Å². The number of aliphatic hydroxyl groups is 1. The summed E-state index contributed by atoms with van der Waals surface area (Å²) in [4.78, 5) is 28.7. The lowest BCUT2D eigenvalue weighted by Gasteiger charge is -2.37. The van der Waals surface area contributed by atoms with Crippen LogP contribution in [0.4, 0.5) is 29.3 Å². The number of amides is 3. The lowest BCUT2D eigenvalue weighted by atomic mass is 9.88. The number of hydrogen-bond acceptors (Lipinski definition) is 4. The van der Waals surface area contributed by atoms with Gasteiger partial charge < -0.3 is 20.1 Å². The Morgan fingerprint density at radius 1 is 1.19 bits per heavy atom. The van der Waals surface area contributed by atoms with Crippen LogP contribution in [-0.2, 0) is 17.5 Å². The smallest absolute Gasteiger partial charge is 0.416 e. The van der Waals surface area contributed by atoms with Crippen molar-refractivity contribution in [3.8, 4) is 5.75 Å². The first-order valence-electron chi connectivity index (χ1n) is 11.8. The maximum absolute atomic E-state index is 13.2. The van der Waals surface area contributed by atoms with E-state index < -0.39 is 28.8 Å². The number of rotatable bonds is 4. The van der Waals surface area contributed by atoms with E-state index in [1.165, 1.54) is 17.0 Å². The molecule has 0 fully saturated rings. The summed E-state index contributed by atoms with van der Waals surface area (Å²) in [5, 5.41) is 12.9. The van der Waals surface area contributed by atoms with Crippen LogP contribution in [0.25, 0.3) is 5.57 Å². The van der Waals surface area contributed by atoms with Gasteiger partial charge in [0.2, 0.25) is 5.91 Å². The van der Waals surface area contributed by atoms with Crippen LogP contribution < -0.4 is 15.0 Å². The number of carbonyl (C=O) groups excluding carboxylic acids is 2. The van der Waals surface area contributed by atoms with Crippen molar-refractivity contribution in [1.82, 2.24) is 4.90 Å². The van der Waals surface area contributed by atoms with Gasteiger partial charge in [-0.15, -0.1) is 0 Å². The van der Waals surface area contributed by atoms with E-state index in [4.69, 9.17) is 4.74 Å². The zero-order valence-electron chi connectivity index (χ0n) is 21.4. The van der Waals surface area contributed by atoms with E-state index in [1.54, 1.807) is 51.8 Å². The summed E-state index contributed by atoms with van der Waals surface area (Å²) in [6.45, 7) is 7.27. The molecule has 2 aromatic rings. The Morgan fingerprint density at radius 3 is 2.54 bits per heavy atom. The number of β-amino-alcohol motifs (C(OH)–C–C–N with tert-alkyl or cyclic N) is 1. The van der Waals surface area contributed by atoms with Crippen LogP contribution in [-0.4, -0.2) is 46.7 Å². The number of nitrogens with one attached hydrogen (secondary N) is 1. The Bertz CT molecular complexity index is 1280. The number of nitrogens with zero attached hydrogens (tertiary/aromatic N) is 2. The molecule has 2 heterocycles. The maximum atomic E-state index is 13.2. The summed E-state index contributed by atoms with van der Waals surface area (Å²) in [6.07, 6.45) is -2.81. The Balaban J connectivity index is 1.57. The number of urea groups is 1. The van der Waals surface area contributed by atoms with Crippen molar-refractivity contribution < 1.29 is 32.6 Å². The van der Waals surface area contributed by atoms with Gasteiger partial charge in [-0.3, -0.25) is 9.69 Å². The van der Waals surface area contributed by atoms with E-state index in [1.807, 2.05) is 6.07 Å². The highest BCUT2D eigenvalue weighted by molar-refractivity contribution is 6.05. The second-order valence-electron chi connectivity index (χ2n) is 10.8. The largest absolute Gasteiger partial charge is 0.487 e. The Kier molecular flexibility index (Phi) is 6.52. The second kappa shape index (κ2) is 9.09. The molecule has 10 heteroatoms. The van der Waals surface area contributed by atoms with E-state index in [-0.39, 0.29) is 18.3 Å². The van der Waals surface area contributed by atoms with Gasteiger partial charge in [0.25, 0.3) is 0 Å². The normalized spacial score (nSPS) is 18.3. The number of hydrogen-bond donors (Lipinski definition) is 2. The summed E-state index contributed by atoms with van der Waals surface area (Å²) in [5.74, 6) is -0.374. The SMILES string of the molecule is CN1C(=O)N(CC(C)(C)O)Cc2ccc(NC(=O)/C=C3\CC(C)(C)Oc4cc(C(F)(F)F)ccc43)cc21. The predicted molar refractivity (Wildman–Crippen MR) is 134 cm³/mol. The van der Waals surface area contributed by atoms with E-state index in [2.05, 4.69) is 5.32 Å². The standard InChI is InChI=1S/C27H30F3N3O4/c1-25(2,36)15-33-14-16-6-8-19(12-21(16)32(5)24(33)35)31-23(34)10-17-13-26(3,4)37-22-11-18(27(28,29)30)7-9-20(17)22/h6-12,36H,13-15H2,1-5H3,(H,31,34)/b17-10+. The van der Waals surface area contributed by atoms with Gasteiger partial charge in [0.15, 0.2) is 0 Å². The third kappa shape index (κ3) is 5.90. The lowest BCUT2D eigenvalue weighted by molar-refractivity contribution is -0.137. The molecule has 2 aromatic carbocycles. The maximum Gasteiger partial charge on any atom is 0.416 e. The molecular weight excluding hydrogens is 487 g/mol. The van der Waals surface area contributed by atoms with E-state index in [0.717, 1.165) is 17.7 Å². The van der Waals surface area contributed by atoms with Crippen LogP contribution in [0, 0.1) is 0 Å². The van der Waals surface area contributed by atoms with Gasteiger partial charge in [-0.2, -0.15) is 13.2 Å². The number of halogens is 3. The minimum Gasteiger partial charge on any atom is -0.487 e. The monoisotopic (exact) mass is 517 g/mol. The molecule has 3 amide bonds. The summed E-state index contributed by atoms with van der Waals surface area (Å²) < 4.78 is 45.4. The lowest BCUT2D eigenvalue weighted by Crippen LogP contribution is -2.50. The summed E-state index contributed by atoms with van der Waals surface area (Å²) in [7, 11) is 1.63. The summed E-state index contributed by atoms with van der Waals surface area (Å²) in [5.41, 5.74) is 0.309. The fourth-order valence-electron chi connectivity index (χ4n) is 4.67. The number of anilines is 2. The molecule has 0 unspecified atom stereocenters. The number of carbonyl (C=O) groups is 2. The van der Waals surface area contributed by atoms with Crippen molar-refractivity contribution in [2.75, 3.05) is 23.8 Å². The van der Waals surface area contributed by atoms with Gasteiger partial charge in [-0.25, -0.2) is 4.79 Å². The third-order valence-electron chi connectivity index (χ3n) is 6.17. The van der Waals surface area contributed by atoms with Crippen LogP contribution in [0.3, 0.4) is 0 Å². The highest BCUT2D eigenvalue weighted by atomic mass is 19.4. The molecule has 0 aromatic heterocycles. The molecule has 0 bridgehead atoms. The predicted octanol–water partition coefficient (Wildman–Crippen LogP) is 5.43. The zero-order chi connectivity index (χ0) is 27.3. The molecule has 198 valence electrons. The molecule has 4 rings (SSSR count). The molecule has 7 nitrogen and oxygen atoms in total. The molecule has 0 spiro atoms. The fraction of sp³-hybridized carbons (Fsp3) is 0.407. The van der Waals surface area contributed by atoms with Crippen LogP contribution >= 0.6 is 0 Å². The minimum atomic E-state index is -4.51. The van der Waals surface area contributed by atoms with Crippen molar-refractivity contribution >= 4 is 28.9 Å². The molecule has 2 aliphatic heterocycles. The summed E-state index contributed by atoms with van der Waals surface area (Å²) in [6, 6.07) is 8.22. The molecule has 0 saturated heterocycles. The summed E-state index contributed by atoms with van der Waals surface area (Å²) >= 11 is 0. The highest BCUT2D eigenvalue weighted by Gasteiger charge is 2.36. The van der Waals surface area contributed by atoms with Crippen molar-refractivity contribution in [1.29, 1.82) is 0 Å². The molecule has 2 aliphatic rings. The number of benzene rings is 2. The molecular formula is C27H30F3N3O4. The van der Waals surface area contributed by atoms with Crippen LogP contribution in [0.15, 0.2) is 42.5 Å². The van der Waals surface area contributed by atoms with Crippen LogP contribution in [0.1, 0.15) is 50.8 Å². The van der Waals surface area contributed by atoms with Crippen LogP contribution in [0.2, 0.25) is 0 Å². The first kappa shape index (κ1) is 26.5. The first-order valence-corrected chi connectivity index (χ1v) is 11.8. The van der Waals surface area contributed by atoms with E-state index in [0.29, 0.717) is 35.5 Å². The van der Waals surface area contributed by atoms with Crippen molar-refractivity contribution in [3.63, 3.8) is 0 Å². The van der Waals surface area contributed by atoms with E-state index >= 15 is 0 Å². The van der Waals surface area contributed by atoms with Gasteiger partial charge in [0.05, 0.1) is 23.4 Å². The Morgan fingerprint density at radius 2 is 1.89 bits per heavy atom. The third-order valence-corrected chi connectivity index (χ3v) is 6.17. The highest BCUT2D eigenvalue weighted by Crippen LogP contribution is 2.43. The van der Waals surface area contributed by atoms with E-state index in [9.17, 15) is 27.9 Å². The number of alkyl halides is 3. The van der Waals surface area contributed by atoms with Crippen molar-refractivity contribution in [3.05, 3.63) is 59.2 Å². The average molecular weight is 518 g/mol. The Labute approximate surface area is 213 Å². The second-order valence-corrected chi connectivity index (χ2v) is 10.8.